The molecule has 1 saturated heterocycles. The van der Waals surface area contributed by atoms with Crippen LogP contribution in [0.2, 0.25) is 0 Å². The van der Waals surface area contributed by atoms with Crippen LogP contribution >= 0.6 is 0 Å². The largest absolute Gasteiger partial charge is 0.461 e. The van der Waals surface area contributed by atoms with Crippen molar-refractivity contribution in [3.63, 3.8) is 0 Å². The van der Waals surface area contributed by atoms with Gasteiger partial charge in [-0.3, -0.25) is 19.7 Å². The maximum absolute atomic E-state index is 12.6. The molecule has 2 aromatic heterocycles. The molecule has 0 radical (unpaired) electrons. The number of furan rings is 1. The highest BCUT2D eigenvalue weighted by Crippen LogP contribution is 2.30. The zero-order valence-corrected chi connectivity index (χ0v) is 18.6. The summed E-state index contributed by atoms with van der Waals surface area (Å²) in [5.74, 6) is -0.181. The Morgan fingerprint density at radius 2 is 1.82 bits per heavy atom. The van der Waals surface area contributed by atoms with Crippen LogP contribution in [0.4, 0.5) is 11.5 Å². The predicted octanol–water partition coefficient (Wildman–Crippen LogP) is 2.63. The second kappa shape index (κ2) is 8.95. The van der Waals surface area contributed by atoms with E-state index in [2.05, 4.69) is 32.5 Å². The molecule has 9 nitrogen and oxygen atoms in total. The lowest BCUT2D eigenvalue weighted by Gasteiger charge is -2.33. The molecular weight excluding hydrogens is 434 g/mol. The van der Waals surface area contributed by atoms with Crippen LogP contribution in [0, 0.1) is 0 Å². The summed E-state index contributed by atoms with van der Waals surface area (Å²) in [5.41, 5.74) is 3.63. The first-order chi connectivity index (χ1) is 16.5. The first-order valence-electron chi connectivity index (χ1n) is 10.9. The third-order valence-corrected chi connectivity index (χ3v) is 6.08. The number of rotatable bonds is 5. The topological polar surface area (TPSA) is 108 Å². The number of hydrogen-bond acceptors (Lipinski definition) is 8. The number of carbonyl (C=O) groups excluding carboxylic acids is 3. The first-order valence-corrected chi connectivity index (χ1v) is 10.9. The van der Waals surface area contributed by atoms with Gasteiger partial charge in [-0.1, -0.05) is 6.07 Å². The highest BCUT2D eigenvalue weighted by molar-refractivity contribution is 6.31. The summed E-state index contributed by atoms with van der Waals surface area (Å²) >= 11 is 0. The van der Waals surface area contributed by atoms with Gasteiger partial charge in [0.25, 0.3) is 11.8 Å². The average molecular weight is 457 g/mol. The van der Waals surface area contributed by atoms with Crippen molar-refractivity contribution in [3.05, 3.63) is 71.9 Å². The minimum Gasteiger partial charge on any atom is -0.461 e. The summed E-state index contributed by atoms with van der Waals surface area (Å²) in [6, 6.07) is 10.6. The van der Waals surface area contributed by atoms with Gasteiger partial charge in [-0.2, -0.15) is 0 Å². The van der Waals surface area contributed by atoms with Crippen molar-refractivity contribution >= 4 is 35.2 Å². The van der Waals surface area contributed by atoms with Gasteiger partial charge in [0.1, 0.15) is 5.82 Å². The minimum absolute atomic E-state index is 0.199. The number of aldehydes is 1. The predicted molar refractivity (Wildman–Crippen MR) is 128 cm³/mol. The van der Waals surface area contributed by atoms with E-state index in [1.165, 1.54) is 6.26 Å². The zero-order valence-electron chi connectivity index (χ0n) is 18.6. The van der Waals surface area contributed by atoms with Gasteiger partial charge in [0.2, 0.25) is 0 Å². The smallest absolute Gasteiger partial charge is 0.260 e. The number of hydrogen-bond donors (Lipinski definition) is 2. The van der Waals surface area contributed by atoms with Gasteiger partial charge in [0.15, 0.2) is 12.0 Å². The molecule has 2 aliphatic rings. The number of nitrogens with zero attached hydrogens (tertiary/aromatic N) is 3. The molecule has 1 aromatic carbocycles. The maximum Gasteiger partial charge on any atom is 0.260 e. The number of fused-ring (bicyclic) bond motifs is 1. The average Bonchev–Trinajstić information content (AvgIpc) is 3.34. The Morgan fingerprint density at radius 3 is 2.53 bits per heavy atom. The number of anilines is 2. The molecule has 5 rings (SSSR count). The van der Waals surface area contributed by atoms with E-state index in [9.17, 15) is 14.4 Å². The zero-order chi connectivity index (χ0) is 23.7. The quantitative estimate of drug-likeness (QED) is 0.342. The molecule has 1 fully saturated rings. The molecule has 0 saturated carbocycles. The van der Waals surface area contributed by atoms with Gasteiger partial charge in [-0.05, 0) is 42.9 Å². The Bertz CT molecular complexity index is 1290. The van der Waals surface area contributed by atoms with Gasteiger partial charge >= 0.3 is 0 Å². The lowest BCUT2D eigenvalue weighted by atomic mass is 9.92. The van der Waals surface area contributed by atoms with Crippen LogP contribution in [-0.2, 0) is 4.79 Å². The third kappa shape index (κ3) is 4.20. The molecule has 0 unspecified atom stereocenters. The van der Waals surface area contributed by atoms with Gasteiger partial charge in [-0.15, -0.1) is 0 Å². The van der Waals surface area contributed by atoms with Gasteiger partial charge in [0.05, 0.1) is 23.7 Å². The molecule has 3 aromatic rings. The van der Waals surface area contributed by atoms with Crippen molar-refractivity contribution in [2.45, 2.75) is 0 Å². The number of imide groups is 1. The number of pyridine rings is 1. The molecule has 2 aliphatic heterocycles. The summed E-state index contributed by atoms with van der Waals surface area (Å²) < 4.78 is 5.19. The molecule has 172 valence electrons. The van der Waals surface area contributed by atoms with E-state index in [4.69, 9.17) is 4.42 Å². The normalized spacial score (nSPS) is 17.4. The highest BCUT2D eigenvalue weighted by Gasteiger charge is 2.28. The van der Waals surface area contributed by atoms with Crippen molar-refractivity contribution in [3.8, 4) is 11.1 Å². The Morgan fingerprint density at radius 1 is 1.00 bits per heavy atom. The molecule has 0 atom stereocenters. The van der Waals surface area contributed by atoms with Crippen molar-refractivity contribution in [2.75, 3.05) is 43.4 Å². The summed E-state index contributed by atoms with van der Waals surface area (Å²) in [4.78, 5) is 45.0. The highest BCUT2D eigenvalue weighted by atomic mass is 16.3. The van der Waals surface area contributed by atoms with Crippen LogP contribution in [0.1, 0.15) is 26.5 Å². The van der Waals surface area contributed by atoms with E-state index in [0.29, 0.717) is 34.4 Å². The Labute approximate surface area is 196 Å². The summed E-state index contributed by atoms with van der Waals surface area (Å²) in [5, 5.41) is 5.44. The second-order valence-corrected chi connectivity index (χ2v) is 8.29. The van der Waals surface area contributed by atoms with Crippen LogP contribution in [0.15, 0.2) is 59.5 Å². The summed E-state index contributed by atoms with van der Waals surface area (Å²) in [6.07, 6.45) is 5.44. The number of amides is 2. The number of benzene rings is 1. The number of aromatic nitrogens is 1. The van der Waals surface area contributed by atoms with Gasteiger partial charge in [-0.25, -0.2) is 4.98 Å². The first kappa shape index (κ1) is 21.6. The standard InChI is InChI=1S/C25H23N5O4/c1-29-6-8-30(9-7-29)18-3-5-23(26-12-18)27-13-22-21-11-16(17-10-19(14-31)34-15-17)2-4-20(21)24(32)28-25(22)33/h2-5,10-15H,6-9H2,1H3,(H,26,27)(H,28,32,33). The fraction of sp³-hybridized carbons (Fsp3) is 0.200. The molecule has 0 aliphatic carbocycles. The van der Waals surface area contributed by atoms with Crippen LogP contribution in [0.5, 0.6) is 0 Å². The lowest BCUT2D eigenvalue weighted by Crippen LogP contribution is -2.44. The number of likely N-dealkylation sites (N-methyl/N-ethyl adjacent to an activating group) is 1. The Hall–Kier alpha value is -4.24. The number of piperazine rings is 1. The van der Waals surface area contributed by atoms with E-state index in [1.54, 1.807) is 30.5 Å². The lowest BCUT2D eigenvalue weighted by molar-refractivity contribution is -0.114. The summed E-state index contributed by atoms with van der Waals surface area (Å²) in [6.45, 7) is 3.92. The molecule has 0 spiro atoms. The van der Waals surface area contributed by atoms with Gasteiger partial charge in [0, 0.05) is 49.1 Å². The maximum atomic E-state index is 12.6. The van der Waals surface area contributed by atoms with E-state index in [1.807, 2.05) is 18.3 Å². The van der Waals surface area contributed by atoms with E-state index in [0.717, 1.165) is 37.4 Å². The van der Waals surface area contributed by atoms with Crippen molar-refractivity contribution in [2.24, 2.45) is 0 Å². The Balaban J connectivity index is 1.40. The molecule has 34 heavy (non-hydrogen) atoms. The van der Waals surface area contributed by atoms with Crippen LogP contribution < -0.4 is 15.5 Å². The molecule has 4 heterocycles. The van der Waals surface area contributed by atoms with Gasteiger partial charge < -0.3 is 19.5 Å². The van der Waals surface area contributed by atoms with Crippen LogP contribution in [-0.4, -0.2) is 61.2 Å². The van der Waals surface area contributed by atoms with Crippen molar-refractivity contribution in [1.29, 1.82) is 0 Å². The third-order valence-electron chi connectivity index (χ3n) is 6.08. The molecular formula is C25H23N5O4. The second-order valence-electron chi connectivity index (χ2n) is 8.29. The van der Waals surface area contributed by atoms with Crippen LogP contribution in [0.25, 0.3) is 16.7 Å². The molecule has 2 amide bonds. The number of nitrogens with one attached hydrogen (secondary N) is 2. The van der Waals surface area contributed by atoms with E-state index < -0.39 is 11.8 Å². The van der Waals surface area contributed by atoms with E-state index in [-0.39, 0.29) is 5.76 Å². The SMILES string of the molecule is CN1CCN(c2ccc(NC=C3C(=O)NC(=O)c4ccc(-c5coc(C=O)c5)cc43)nc2)CC1. The fourth-order valence-corrected chi connectivity index (χ4v) is 4.08. The van der Waals surface area contributed by atoms with E-state index >= 15 is 0 Å². The fourth-order valence-electron chi connectivity index (χ4n) is 4.08. The van der Waals surface area contributed by atoms with Crippen molar-refractivity contribution in [1.82, 2.24) is 15.2 Å². The Kier molecular flexibility index (Phi) is 5.69. The molecule has 2 N–H and O–H groups in total. The monoisotopic (exact) mass is 457 g/mol. The van der Waals surface area contributed by atoms with Crippen LogP contribution in [0.3, 0.4) is 0 Å². The minimum atomic E-state index is -0.503. The summed E-state index contributed by atoms with van der Waals surface area (Å²) in [7, 11) is 2.11. The number of carbonyl (C=O) groups is 3. The van der Waals surface area contributed by atoms with Crippen molar-refractivity contribution < 1.29 is 18.8 Å². The molecule has 0 bridgehead atoms. The molecule has 9 heteroatoms.